The summed E-state index contributed by atoms with van der Waals surface area (Å²) in [5, 5.41) is 7.30. The molecule has 1 atom stereocenters. The Morgan fingerprint density at radius 1 is 1.11 bits per heavy atom. The van der Waals surface area contributed by atoms with Crippen LogP contribution in [0.2, 0.25) is 10.0 Å². The topological polar surface area (TPSA) is 120 Å². The minimum atomic E-state index is -3.52. The maximum atomic E-state index is 12.6. The van der Waals surface area contributed by atoms with Gasteiger partial charge in [0.05, 0.1) is 28.4 Å². The van der Waals surface area contributed by atoms with Crippen molar-refractivity contribution < 1.29 is 13.2 Å². The molecule has 3 aromatic rings. The smallest absolute Gasteiger partial charge is 0.252 e. The van der Waals surface area contributed by atoms with Gasteiger partial charge in [0, 0.05) is 16.8 Å². The molecule has 0 aliphatic carbocycles. The van der Waals surface area contributed by atoms with Crippen LogP contribution in [0.25, 0.3) is 5.95 Å². The van der Waals surface area contributed by atoms with Crippen molar-refractivity contribution in [1.29, 1.82) is 0 Å². The SMILES string of the molecule is C[C@@H](NC(=O)c1cc(Cl)cc(S(C)(=O)=O)c1)c1ncnn1-c1ncc(Cl)cn1. The van der Waals surface area contributed by atoms with Crippen molar-refractivity contribution >= 4 is 38.9 Å². The number of nitrogens with one attached hydrogen (secondary N) is 1. The van der Waals surface area contributed by atoms with Gasteiger partial charge in [-0.3, -0.25) is 4.79 Å². The normalized spacial score (nSPS) is 12.6. The first kappa shape index (κ1) is 20.2. The molecule has 0 radical (unpaired) electrons. The number of rotatable bonds is 5. The molecule has 0 aliphatic heterocycles. The van der Waals surface area contributed by atoms with E-state index in [0.29, 0.717) is 10.8 Å². The van der Waals surface area contributed by atoms with Gasteiger partial charge in [0.1, 0.15) is 6.33 Å². The monoisotopic (exact) mass is 440 g/mol. The summed E-state index contributed by atoms with van der Waals surface area (Å²) in [5.74, 6) is 0.0904. The number of hydrogen-bond acceptors (Lipinski definition) is 7. The molecule has 146 valence electrons. The Balaban J connectivity index is 1.86. The van der Waals surface area contributed by atoms with Gasteiger partial charge in [-0.05, 0) is 25.1 Å². The molecule has 0 spiro atoms. The number of hydrogen-bond donors (Lipinski definition) is 1. The van der Waals surface area contributed by atoms with E-state index in [1.54, 1.807) is 6.92 Å². The number of sulfone groups is 1. The van der Waals surface area contributed by atoms with Crippen molar-refractivity contribution in [3.8, 4) is 5.95 Å². The minimum Gasteiger partial charge on any atom is -0.342 e. The Morgan fingerprint density at radius 2 is 1.79 bits per heavy atom. The standard InChI is InChI=1S/C16H14Cl2N6O3S/c1-9(14-21-8-22-24(14)16-19-6-12(18)7-20-16)23-15(25)10-3-11(17)5-13(4-10)28(2,26)27/h3-9H,1-2H3,(H,23,25)/t9-/m1/s1. The van der Waals surface area contributed by atoms with Crippen molar-refractivity contribution in [3.05, 3.63) is 58.4 Å². The molecule has 0 fully saturated rings. The summed E-state index contributed by atoms with van der Waals surface area (Å²) in [6.07, 6.45) is 5.17. The van der Waals surface area contributed by atoms with Crippen molar-refractivity contribution in [2.24, 2.45) is 0 Å². The van der Waals surface area contributed by atoms with E-state index in [1.165, 1.54) is 41.6 Å². The summed E-state index contributed by atoms with van der Waals surface area (Å²) >= 11 is 11.7. The second kappa shape index (κ2) is 7.82. The van der Waals surface area contributed by atoms with E-state index < -0.39 is 21.8 Å². The molecule has 0 bridgehead atoms. The van der Waals surface area contributed by atoms with Gasteiger partial charge >= 0.3 is 0 Å². The van der Waals surface area contributed by atoms with Crippen molar-refractivity contribution in [1.82, 2.24) is 30.0 Å². The van der Waals surface area contributed by atoms with E-state index in [1.807, 2.05) is 0 Å². The summed E-state index contributed by atoms with van der Waals surface area (Å²) in [7, 11) is -3.52. The highest BCUT2D eigenvalue weighted by Crippen LogP contribution is 2.20. The third-order valence-electron chi connectivity index (χ3n) is 3.67. The number of nitrogens with zero attached hydrogens (tertiary/aromatic N) is 5. The van der Waals surface area contributed by atoms with Gasteiger partial charge in [-0.2, -0.15) is 9.78 Å². The first-order valence-corrected chi connectivity index (χ1v) is 10.5. The van der Waals surface area contributed by atoms with Gasteiger partial charge in [0.2, 0.25) is 0 Å². The van der Waals surface area contributed by atoms with E-state index in [-0.39, 0.29) is 21.4 Å². The van der Waals surface area contributed by atoms with Crippen LogP contribution in [-0.4, -0.2) is 45.3 Å². The number of amides is 1. The van der Waals surface area contributed by atoms with Crippen molar-refractivity contribution in [2.45, 2.75) is 17.9 Å². The lowest BCUT2D eigenvalue weighted by atomic mass is 10.2. The molecule has 2 aromatic heterocycles. The molecule has 0 aliphatic rings. The average Bonchev–Trinajstić information content (AvgIpc) is 3.11. The largest absolute Gasteiger partial charge is 0.342 e. The van der Waals surface area contributed by atoms with E-state index >= 15 is 0 Å². The molecular formula is C16H14Cl2N6O3S. The fraction of sp³-hybridized carbons (Fsp3) is 0.188. The quantitative estimate of drug-likeness (QED) is 0.645. The molecule has 12 heteroatoms. The van der Waals surface area contributed by atoms with Gasteiger partial charge in [0.15, 0.2) is 15.7 Å². The number of aromatic nitrogens is 5. The summed E-state index contributed by atoms with van der Waals surface area (Å²) in [6, 6.07) is 3.34. The van der Waals surface area contributed by atoms with E-state index in [9.17, 15) is 13.2 Å². The molecule has 2 heterocycles. The van der Waals surface area contributed by atoms with E-state index in [0.717, 1.165) is 6.26 Å². The first-order chi connectivity index (χ1) is 13.1. The maximum absolute atomic E-state index is 12.6. The lowest BCUT2D eigenvalue weighted by Gasteiger charge is -2.14. The van der Waals surface area contributed by atoms with Crippen LogP contribution in [0.15, 0.2) is 41.8 Å². The second-order valence-electron chi connectivity index (χ2n) is 5.87. The van der Waals surface area contributed by atoms with Gasteiger partial charge in [-0.15, -0.1) is 0 Å². The predicted molar refractivity (Wildman–Crippen MR) is 102 cm³/mol. The molecule has 1 amide bonds. The van der Waals surface area contributed by atoms with Crippen LogP contribution < -0.4 is 5.32 Å². The molecule has 28 heavy (non-hydrogen) atoms. The van der Waals surface area contributed by atoms with E-state index in [2.05, 4.69) is 25.4 Å². The Kier molecular flexibility index (Phi) is 5.64. The molecule has 9 nitrogen and oxygen atoms in total. The third-order valence-corrected chi connectivity index (χ3v) is 5.17. The molecule has 3 rings (SSSR count). The molecule has 0 unspecified atom stereocenters. The van der Waals surface area contributed by atoms with Crippen LogP contribution >= 0.6 is 23.2 Å². The van der Waals surface area contributed by atoms with Crippen LogP contribution in [0.5, 0.6) is 0 Å². The van der Waals surface area contributed by atoms with Gasteiger partial charge in [-0.1, -0.05) is 23.2 Å². The average molecular weight is 441 g/mol. The summed E-state index contributed by atoms with van der Waals surface area (Å²) in [4.78, 5) is 24.8. The highest BCUT2D eigenvalue weighted by Gasteiger charge is 2.20. The van der Waals surface area contributed by atoms with Crippen molar-refractivity contribution in [2.75, 3.05) is 6.26 Å². The van der Waals surface area contributed by atoms with Crippen LogP contribution in [0.3, 0.4) is 0 Å². The number of carbonyl (C=O) groups excluding carboxylic acids is 1. The lowest BCUT2D eigenvalue weighted by molar-refractivity contribution is 0.0937. The molecule has 0 saturated heterocycles. The summed E-state index contributed by atoms with van der Waals surface area (Å²) in [5.41, 5.74) is 0.105. The Labute approximate surface area is 170 Å². The summed E-state index contributed by atoms with van der Waals surface area (Å²) < 4.78 is 24.9. The summed E-state index contributed by atoms with van der Waals surface area (Å²) in [6.45, 7) is 1.69. The molecular weight excluding hydrogens is 427 g/mol. The van der Waals surface area contributed by atoms with Crippen LogP contribution in [0, 0.1) is 0 Å². The fourth-order valence-corrected chi connectivity index (χ4v) is 3.45. The first-order valence-electron chi connectivity index (χ1n) is 7.84. The lowest BCUT2D eigenvalue weighted by Crippen LogP contribution is -2.29. The number of carbonyl (C=O) groups is 1. The number of halogens is 2. The zero-order chi connectivity index (χ0) is 20.5. The fourth-order valence-electron chi connectivity index (χ4n) is 2.37. The van der Waals surface area contributed by atoms with Crippen LogP contribution in [-0.2, 0) is 9.84 Å². The Hall–Kier alpha value is -2.56. The highest BCUT2D eigenvalue weighted by atomic mass is 35.5. The van der Waals surface area contributed by atoms with Crippen LogP contribution in [0.1, 0.15) is 29.1 Å². The third kappa shape index (κ3) is 4.46. The van der Waals surface area contributed by atoms with Gasteiger partial charge in [-0.25, -0.2) is 23.4 Å². The van der Waals surface area contributed by atoms with Crippen LogP contribution in [0.4, 0.5) is 0 Å². The zero-order valence-corrected chi connectivity index (χ0v) is 17.0. The number of benzene rings is 1. The van der Waals surface area contributed by atoms with Crippen molar-refractivity contribution in [3.63, 3.8) is 0 Å². The van der Waals surface area contributed by atoms with Gasteiger partial charge < -0.3 is 5.32 Å². The zero-order valence-electron chi connectivity index (χ0n) is 14.7. The maximum Gasteiger partial charge on any atom is 0.252 e. The second-order valence-corrected chi connectivity index (χ2v) is 8.76. The highest BCUT2D eigenvalue weighted by molar-refractivity contribution is 7.90. The minimum absolute atomic E-state index is 0.0458. The molecule has 1 aromatic carbocycles. The molecule has 1 N–H and O–H groups in total. The molecule has 0 saturated carbocycles. The predicted octanol–water partition coefficient (Wildman–Crippen LogP) is 2.26. The van der Waals surface area contributed by atoms with E-state index in [4.69, 9.17) is 23.2 Å². The Bertz CT molecular complexity index is 1130. The Morgan fingerprint density at radius 3 is 2.43 bits per heavy atom. The van der Waals surface area contributed by atoms with Gasteiger partial charge in [0.25, 0.3) is 11.9 Å².